The fraction of sp³-hybridized carbons (Fsp3) is 0.333. The van der Waals surface area contributed by atoms with Crippen molar-refractivity contribution >= 4 is 17.7 Å². The Balaban J connectivity index is 3.01. The molecule has 0 aliphatic carbocycles. The number of nitrogens with zero attached hydrogens (tertiary/aromatic N) is 1. The zero-order valence-corrected chi connectivity index (χ0v) is 7.83. The van der Waals surface area contributed by atoms with Gasteiger partial charge in [-0.25, -0.2) is 4.98 Å². The van der Waals surface area contributed by atoms with Crippen molar-refractivity contribution in [3.8, 4) is 0 Å². The minimum atomic E-state index is 0.320. The Labute approximate surface area is 77.7 Å². The van der Waals surface area contributed by atoms with Crippen LogP contribution in [0.4, 0.5) is 11.5 Å². The van der Waals surface area contributed by atoms with Crippen LogP contribution in [0.1, 0.15) is 19.4 Å². The van der Waals surface area contributed by atoms with E-state index in [2.05, 4.69) is 10.3 Å². The molecular weight excluding hydrogens is 164 g/mol. The van der Waals surface area contributed by atoms with Gasteiger partial charge in [0.1, 0.15) is 5.82 Å². The number of hydrogen-bond donors (Lipinski definition) is 3. The van der Waals surface area contributed by atoms with Gasteiger partial charge in [-0.15, -0.1) is 0 Å². The Morgan fingerprint density at radius 1 is 1.62 bits per heavy atom. The van der Waals surface area contributed by atoms with Crippen LogP contribution in [0.2, 0.25) is 0 Å². The van der Waals surface area contributed by atoms with Gasteiger partial charge in [0.15, 0.2) is 0 Å². The number of pyridine rings is 1. The van der Waals surface area contributed by atoms with E-state index in [9.17, 15) is 0 Å². The molecule has 1 aromatic rings. The molecule has 1 rings (SSSR count). The van der Waals surface area contributed by atoms with Gasteiger partial charge in [-0.05, 0) is 13.8 Å². The molecule has 4 nitrogen and oxygen atoms in total. The molecule has 0 radical (unpaired) electrons. The molecule has 0 aliphatic heterocycles. The summed E-state index contributed by atoms with van der Waals surface area (Å²) in [6.07, 6.45) is 2.85. The molecule has 4 N–H and O–H groups in total. The quantitative estimate of drug-likeness (QED) is 0.614. The predicted molar refractivity (Wildman–Crippen MR) is 55.3 cm³/mol. The summed E-state index contributed by atoms with van der Waals surface area (Å²) in [6, 6.07) is 2.06. The Morgan fingerprint density at radius 2 is 2.31 bits per heavy atom. The van der Waals surface area contributed by atoms with E-state index in [1.165, 1.54) is 6.21 Å². The summed E-state index contributed by atoms with van der Waals surface area (Å²) < 4.78 is 0. The minimum Gasteiger partial charge on any atom is -0.384 e. The van der Waals surface area contributed by atoms with E-state index in [1.807, 2.05) is 13.8 Å². The van der Waals surface area contributed by atoms with Crippen LogP contribution in [0.15, 0.2) is 12.3 Å². The molecule has 0 saturated carbocycles. The fourth-order valence-electron chi connectivity index (χ4n) is 1.03. The second kappa shape index (κ2) is 3.89. The highest BCUT2D eigenvalue weighted by Crippen LogP contribution is 2.15. The molecule has 70 valence electrons. The van der Waals surface area contributed by atoms with E-state index in [1.54, 1.807) is 12.3 Å². The summed E-state index contributed by atoms with van der Waals surface area (Å²) in [5.74, 6) is 0.466. The van der Waals surface area contributed by atoms with E-state index in [0.717, 1.165) is 11.3 Å². The van der Waals surface area contributed by atoms with Crippen molar-refractivity contribution in [2.75, 3.05) is 11.1 Å². The normalized spacial score (nSPS) is 10.1. The van der Waals surface area contributed by atoms with Crippen molar-refractivity contribution in [3.05, 3.63) is 17.8 Å². The topological polar surface area (TPSA) is 74.8 Å². The molecule has 0 bridgehead atoms. The maximum absolute atomic E-state index is 7.15. The Bertz CT molecular complexity index is 306. The third-order valence-corrected chi connectivity index (χ3v) is 1.56. The van der Waals surface area contributed by atoms with Crippen LogP contribution in [0.25, 0.3) is 0 Å². The number of rotatable bonds is 3. The number of anilines is 2. The Hall–Kier alpha value is -1.58. The first-order chi connectivity index (χ1) is 6.13. The van der Waals surface area contributed by atoms with E-state index < -0.39 is 0 Å². The summed E-state index contributed by atoms with van der Waals surface area (Å²) in [5, 5.41) is 10.3. The second-order valence-corrected chi connectivity index (χ2v) is 3.14. The lowest BCUT2D eigenvalue weighted by Crippen LogP contribution is -2.12. The largest absolute Gasteiger partial charge is 0.384 e. The van der Waals surface area contributed by atoms with Crippen LogP contribution < -0.4 is 11.1 Å². The lowest BCUT2D eigenvalue weighted by molar-refractivity contribution is 0.898. The van der Waals surface area contributed by atoms with E-state index in [4.69, 9.17) is 11.1 Å². The molecule has 1 heterocycles. The van der Waals surface area contributed by atoms with Gasteiger partial charge in [0.2, 0.25) is 0 Å². The van der Waals surface area contributed by atoms with Gasteiger partial charge in [-0.3, -0.25) is 0 Å². The molecule has 1 aromatic heterocycles. The maximum atomic E-state index is 7.15. The molecule has 0 spiro atoms. The van der Waals surface area contributed by atoms with Crippen molar-refractivity contribution < 1.29 is 0 Å². The standard InChI is InChI=1S/C9H14N4/c1-6(2)13-8-3-9(11)12-5-7(8)4-10/h3-6,10H,1-2H3,(H3,11,12,13). The van der Waals surface area contributed by atoms with E-state index in [0.29, 0.717) is 11.9 Å². The number of nitrogens with one attached hydrogen (secondary N) is 2. The summed E-state index contributed by atoms with van der Waals surface area (Å²) in [4.78, 5) is 3.90. The van der Waals surface area contributed by atoms with Gasteiger partial charge in [0.25, 0.3) is 0 Å². The Morgan fingerprint density at radius 3 is 2.85 bits per heavy atom. The first-order valence-electron chi connectivity index (χ1n) is 4.16. The van der Waals surface area contributed by atoms with Gasteiger partial charge in [0, 0.05) is 35.8 Å². The van der Waals surface area contributed by atoms with Gasteiger partial charge in [-0.2, -0.15) is 0 Å². The molecule has 13 heavy (non-hydrogen) atoms. The van der Waals surface area contributed by atoms with Crippen molar-refractivity contribution in [1.29, 1.82) is 5.41 Å². The lowest BCUT2D eigenvalue weighted by atomic mass is 10.2. The molecule has 0 atom stereocenters. The van der Waals surface area contributed by atoms with Gasteiger partial charge in [-0.1, -0.05) is 0 Å². The molecule has 0 aromatic carbocycles. The number of nitrogens with two attached hydrogens (primary N) is 1. The summed E-state index contributed by atoms with van der Waals surface area (Å²) >= 11 is 0. The second-order valence-electron chi connectivity index (χ2n) is 3.14. The highest BCUT2D eigenvalue weighted by Gasteiger charge is 2.02. The summed E-state index contributed by atoms with van der Waals surface area (Å²) in [5.41, 5.74) is 7.14. The van der Waals surface area contributed by atoms with Crippen molar-refractivity contribution in [1.82, 2.24) is 4.98 Å². The monoisotopic (exact) mass is 178 g/mol. The average molecular weight is 178 g/mol. The van der Waals surface area contributed by atoms with Crippen LogP contribution in [-0.4, -0.2) is 17.2 Å². The third-order valence-electron chi connectivity index (χ3n) is 1.56. The predicted octanol–water partition coefficient (Wildman–Crippen LogP) is 1.48. The van der Waals surface area contributed by atoms with Crippen LogP contribution in [0.5, 0.6) is 0 Å². The smallest absolute Gasteiger partial charge is 0.125 e. The number of nitrogen functional groups attached to an aromatic ring is 1. The Kier molecular flexibility index (Phi) is 2.84. The molecule has 0 aliphatic rings. The molecule has 0 amide bonds. The average Bonchev–Trinajstić information content (AvgIpc) is 2.03. The van der Waals surface area contributed by atoms with Gasteiger partial charge >= 0.3 is 0 Å². The first-order valence-corrected chi connectivity index (χ1v) is 4.16. The number of aromatic nitrogens is 1. The molecule has 0 fully saturated rings. The minimum absolute atomic E-state index is 0.320. The van der Waals surface area contributed by atoms with Gasteiger partial charge < -0.3 is 16.5 Å². The third kappa shape index (κ3) is 2.43. The molecule has 4 heteroatoms. The van der Waals surface area contributed by atoms with Gasteiger partial charge in [0.05, 0.1) is 0 Å². The summed E-state index contributed by atoms with van der Waals surface area (Å²) in [6.45, 7) is 4.06. The first kappa shape index (κ1) is 9.51. The highest BCUT2D eigenvalue weighted by molar-refractivity contribution is 5.86. The van der Waals surface area contributed by atoms with Crippen molar-refractivity contribution in [2.24, 2.45) is 0 Å². The molecule has 0 saturated heterocycles. The lowest BCUT2D eigenvalue weighted by Gasteiger charge is -2.12. The van der Waals surface area contributed by atoms with E-state index >= 15 is 0 Å². The van der Waals surface area contributed by atoms with Crippen LogP contribution in [0.3, 0.4) is 0 Å². The molecular formula is C9H14N4. The fourth-order valence-corrected chi connectivity index (χ4v) is 1.03. The van der Waals surface area contributed by atoms with E-state index in [-0.39, 0.29) is 0 Å². The zero-order chi connectivity index (χ0) is 9.84. The molecule has 0 unspecified atom stereocenters. The van der Waals surface area contributed by atoms with Crippen molar-refractivity contribution in [2.45, 2.75) is 19.9 Å². The SMILES string of the molecule is CC(C)Nc1cc(N)ncc1C=N. The van der Waals surface area contributed by atoms with Crippen LogP contribution in [-0.2, 0) is 0 Å². The van der Waals surface area contributed by atoms with Crippen LogP contribution >= 0.6 is 0 Å². The highest BCUT2D eigenvalue weighted by atomic mass is 14.9. The van der Waals surface area contributed by atoms with Crippen LogP contribution in [0, 0.1) is 5.41 Å². The summed E-state index contributed by atoms with van der Waals surface area (Å²) in [7, 11) is 0. The van der Waals surface area contributed by atoms with Crippen molar-refractivity contribution in [3.63, 3.8) is 0 Å². The zero-order valence-electron chi connectivity index (χ0n) is 7.83. The number of hydrogen-bond acceptors (Lipinski definition) is 4. The maximum Gasteiger partial charge on any atom is 0.125 e.